The molecule has 2 aromatic rings. The first-order valence-corrected chi connectivity index (χ1v) is 8.18. The van der Waals surface area contributed by atoms with Crippen molar-refractivity contribution in [1.29, 1.82) is 0 Å². The lowest BCUT2D eigenvalue weighted by atomic mass is 10.1. The first-order chi connectivity index (χ1) is 10.6. The molecule has 1 amide bonds. The molecule has 3 nitrogen and oxygen atoms in total. The third kappa shape index (κ3) is 3.97. The highest BCUT2D eigenvalue weighted by atomic mass is 127. The van der Waals surface area contributed by atoms with E-state index in [1.807, 2.05) is 24.3 Å². The maximum Gasteiger partial charge on any atom is 0.266 e. The fraction of sp³-hybridized carbons (Fsp3) is 0.235. The number of hydrogen-bond donors (Lipinski definition) is 1. The van der Waals surface area contributed by atoms with E-state index < -0.39 is 6.10 Å². The van der Waals surface area contributed by atoms with E-state index in [0.717, 1.165) is 16.4 Å². The predicted molar refractivity (Wildman–Crippen MR) is 90.1 cm³/mol. The topological polar surface area (TPSA) is 38.3 Å². The van der Waals surface area contributed by atoms with Crippen LogP contribution in [0.15, 0.2) is 48.5 Å². The van der Waals surface area contributed by atoms with Crippen LogP contribution in [0.2, 0.25) is 0 Å². The first kappa shape index (κ1) is 15.3. The van der Waals surface area contributed by atoms with Gasteiger partial charge in [0, 0.05) is 15.2 Å². The van der Waals surface area contributed by atoms with Gasteiger partial charge in [0.05, 0.1) is 0 Å². The minimum atomic E-state index is -0.777. The predicted octanol–water partition coefficient (Wildman–Crippen LogP) is 3.83. The van der Waals surface area contributed by atoms with Crippen LogP contribution < -0.4 is 10.1 Å². The number of rotatable bonds is 5. The monoisotopic (exact) mass is 411 g/mol. The van der Waals surface area contributed by atoms with Gasteiger partial charge in [-0.2, -0.15) is 0 Å². The van der Waals surface area contributed by atoms with E-state index in [2.05, 4.69) is 27.9 Å². The van der Waals surface area contributed by atoms with Crippen LogP contribution >= 0.6 is 22.6 Å². The second-order valence-electron chi connectivity index (χ2n) is 5.29. The molecule has 0 radical (unpaired) electrons. The molecule has 0 saturated heterocycles. The molecule has 5 heteroatoms. The Morgan fingerprint density at radius 3 is 2.36 bits per heavy atom. The van der Waals surface area contributed by atoms with Crippen molar-refractivity contribution in [3.8, 4) is 5.75 Å². The van der Waals surface area contributed by atoms with Crippen molar-refractivity contribution in [3.63, 3.8) is 0 Å². The molecule has 1 aliphatic carbocycles. The van der Waals surface area contributed by atoms with Gasteiger partial charge in [0.1, 0.15) is 11.6 Å². The molecule has 1 atom stereocenters. The summed E-state index contributed by atoms with van der Waals surface area (Å²) < 4.78 is 20.0. The van der Waals surface area contributed by atoms with Crippen molar-refractivity contribution >= 4 is 28.5 Å². The van der Waals surface area contributed by atoms with Crippen LogP contribution in [0, 0.1) is 9.39 Å². The number of halogens is 2. The number of hydrogen-bond acceptors (Lipinski definition) is 2. The number of benzene rings is 2. The fourth-order valence-electron chi connectivity index (χ4n) is 2.06. The van der Waals surface area contributed by atoms with Gasteiger partial charge in [0.2, 0.25) is 6.10 Å². The average Bonchev–Trinajstić information content (AvgIpc) is 3.31. The van der Waals surface area contributed by atoms with Crippen molar-refractivity contribution < 1.29 is 13.9 Å². The molecule has 0 bridgehead atoms. The van der Waals surface area contributed by atoms with Crippen LogP contribution in [0.1, 0.15) is 24.5 Å². The molecule has 0 spiro atoms. The molecule has 114 valence electrons. The molecule has 1 N–H and O–H groups in total. The maximum atomic E-state index is 13.1. The van der Waals surface area contributed by atoms with E-state index in [4.69, 9.17) is 4.74 Å². The smallest absolute Gasteiger partial charge is 0.266 e. The Labute approximate surface area is 142 Å². The van der Waals surface area contributed by atoms with Gasteiger partial charge in [-0.3, -0.25) is 4.79 Å². The fourth-order valence-corrected chi connectivity index (χ4v) is 2.42. The summed E-state index contributed by atoms with van der Waals surface area (Å²) in [7, 11) is 0. The maximum absolute atomic E-state index is 13.1. The van der Waals surface area contributed by atoms with Crippen LogP contribution in [0.4, 0.5) is 4.39 Å². The largest absolute Gasteiger partial charge is 0.476 e. The molecule has 1 fully saturated rings. The van der Waals surface area contributed by atoms with Crippen LogP contribution in [0.3, 0.4) is 0 Å². The summed E-state index contributed by atoms with van der Waals surface area (Å²) in [4.78, 5) is 12.4. The van der Waals surface area contributed by atoms with E-state index in [9.17, 15) is 9.18 Å². The Morgan fingerprint density at radius 1 is 1.14 bits per heavy atom. The molecule has 1 unspecified atom stereocenters. The summed E-state index contributed by atoms with van der Waals surface area (Å²) in [6.45, 7) is 0. The number of ether oxygens (including phenoxy) is 1. The molecular weight excluding hydrogens is 396 g/mol. The van der Waals surface area contributed by atoms with E-state index in [0.29, 0.717) is 11.3 Å². The van der Waals surface area contributed by atoms with Gasteiger partial charge < -0.3 is 10.1 Å². The second-order valence-corrected chi connectivity index (χ2v) is 6.53. The Balaban J connectivity index is 1.82. The van der Waals surface area contributed by atoms with Gasteiger partial charge in [-0.1, -0.05) is 12.1 Å². The third-order valence-electron chi connectivity index (χ3n) is 3.40. The molecule has 2 aromatic carbocycles. The van der Waals surface area contributed by atoms with Crippen LogP contribution in [0.5, 0.6) is 5.75 Å². The lowest BCUT2D eigenvalue weighted by Gasteiger charge is -2.19. The molecule has 0 aliphatic heterocycles. The number of nitrogens with one attached hydrogen (secondary N) is 1. The molecule has 0 aromatic heterocycles. The highest BCUT2D eigenvalue weighted by Crippen LogP contribution is 2.26. The minimum absolute atomic E-state index is 0.187. The number of amides is 1. The summed E-state index contributed by atoms with van der Waals surface area (Å²) in [5, 5.41) is 2.94. The molecule has 1 aliphatic rings. The normalized spacial score (nSPS) is 15.2. The van der Waals surface area contributed by atoms with Gasteiger partial charge in [0.25, 0.3) is 5.91 Å². The highest BCUT2D eigenvalue weighted by molar-refractivity contribution is 14.1. The zero-order valence-electron chi connectivity index (χ0n) is 11.8. The third-order valence-corrected chi connectivity index (χ3v) is 4.12. The van der Waals surface area contributed by atoms with Gasteiger partial charge in [0.15, 0.2) is 0 Å². The van der Waals surface area contributed by atoms with Gasteiger partial charge >= 0.3 is 0 Å². The summed E-state index contributed by atoms with van der Waals surface area (Å²) in [6, 6.07) is 13.6. The van der Waals surface area contributed by atoms with E-state index in [1.54, 1.807) is 12.1 Å². The lowest BCUT2D eigenvalue weighted by Crippen LogP contribution is -2.33. The second kappa shape index (κ2) is 6.64. The molecule has 3 rings (SSSR count). The Bertz CT molecular complexity index is 653. The number of carbonyl (C=O) groups excluding carboxylic acids is 1. The van der Waals surface area contributed by atoms with Gasteiger partial charge in [-0.15, -0.1) is 0 Å². The lowest BCUT2D eigenvalue weighted by molar-refractivity contribution is -0.128. The average molecular weight is 411 g/mol. The zero-order valence-corrected chi connectivity index (χ0v) is 13.9. The number of carbonyl (C=O) groups is 1. The van der Waals surface area contributed by atoms with Crippen LogP contribution in [-0.2, 0) is 4.79 Å². The SMILES string of the molecule is O=C(NC1CC1)C(Oc1ccc(I)cc1)c1ccc(F)cc1. The zero-order chi connectivity index (χ0) is 15.5. The first-order valence-electron chi connectivity index (χ1n) is 7.10. The van der Waals surface area contributed by atoms with Crippen LogP contribution in [-0.4, -0.2) is 11.9 Å². The quantitative estimate of drug-likeness (QED) is 0.760. The molecule has 22 heavy (non-hydrogen) atoms. The Morgan fingerprint density at radius 2 is 1.77 bits per heavy atom. The van der Waals surface area contributed by atoms with Crippen molar-refractivity contribution in [2.45, 2.75) is 25.0 Å². The van der Waals surface area contributed by atoms with E-state index in [-0.39, 0.29) is 17.8 Å². The van der Waals surface area contributed by atoms with Crippen molar-refractivity contribution in [2.24, 2.45) is 0 Å². The van der Waals surface area contributed by atoms with Crippen molar-refractivity contribution in [1.82, 2.24) is 5.32 Å². The molecule has 1 saturated carbocycles. The Hall–Kier alpha value is -1.63. The van der Waals surface area contributed by atoms with Crippen molar-refractivity contribution in [2.75, 3.05) is 0 Å². The molecular formula is C17H15FINO2. The van der Waals surface area contributed by atoms with Crippen molar-refractivity contribution in [3.05, 3.63) is 63.5 Å². The summed E-state index contributed by atoms with van der Waals surface area (Å²) in [5.41, 5.74) is 0.637. The van der Waals surface area contributed by atoms with Gasteiger partial charge in [-0.05, 0) is 71.8 Å². The molecule has 0 heterocycles. The Kier molecular flexibility index (Phi) is 4.61. The summed E-state index contributed by atoms with van der Waals surface area (Å²) >= 11 is 2.21. The summed E-state index contributed by atoms with van der Waals surface area (Å²) in [5.74, 6) is 0.0905. The van der Waals surface area contributed by atoms with Crippen LogP contribution in [0.25, 0.3) is 0 Å². The summed E-state index contributed by atoms with van der Waals surface area (Å²) in [6.07, 6.45) is 1.23. The van der Waals surface area contributed by atoms with E-state index in [1.165, 1.54) is 12.1 Å². The standard InChI is InChI=1S/C17H15FINO2/c18-12-3-1-11(2-4-12)16(17(21)20-14-7-8-14)22-15-9-5-13(19)6-10-15/h1-6,9-10,14,16H,7-8H2,(H,20,21). The minimum Gasteiger partial charge on any atom is -0.476 e. The van der Waals surface area contributed by atoms with Gasteiger partial charge in [-0.25, -0.2) is 4.39 Å². The highest BCUT2D eigenvalue weighted by Gasteiger charge is 2.29. The van der Waals surface area contributed by atoms with E-state index >= 15 is 0 Å².